The highest BCUT2D eigenvalue weighted by atomic mass is 32.2. The predicted octanol–water partition coefficient (Wildman–Crippen LogP) is 4.09. The third-order valence-electron chi connectivity index (χ3n) is 4.48. The van der Waals surface area contributed by atoms with E-state index in [9.17, 15) is 9.59 Å². The van der Waals surface area contributed by atoms with Crippen molar-refractivity contribution in [2.45, 2.75) is 37.4 Å². The SMILES string of the molecule is C=CCn1c(SCC(=O)c2ccco2)nc2sc3c(c2c1=O)CCCC3. The first-order valence-corrected chi connectivity index (χ1v) is 10.3. The highest BCUT2D eigenvalue weighted by Gasteiger charge is 2.22. The first-order chi connectivity index (χ1) is 12.7. The van der Waals surface area contributed by atoms with Gasteiger partial charge in [0.15, 0.2) is 10.9 Å². The zero-order chi connectivity index (χ0) is 18.1. The van der Waals surface area contributed by atoms with Crippen molar-refractivity contribution >= 4 is 39.1 Å². The third kappa shape index (κ3) is 3.05. The molecule has 3 aromatic heterocycles. The maximum absolute atomic E-state index is 13.1. The molecule has 0 aromatic carbocycles. The summed E-state index contributed by atoms with van der Waals surface area (Å²) in [6, 6.07) is 3.33. The number of rotatable bonds is 6. The minimum absolute atomic E-state index is 0.0257. The number of hydrogen-bond acceptors (Lipinski definition) is 6. The van der Waals surface area contributed by atoms with Gasteiger partial charge in [0, 0.05) is 11.4 Å². The predicted molar refractivity (Wildman–Crippen MR) is 104 cm³/mol. The highest BCUT2D eigenvalue weighted by molar-refractivity contribution is 7.99. The molecule has 0 atom stereocenters. The van der Waals surface area contributed by atoms with Gasteiger partial charge < -0.3 is 4.42 Å². The summed E-state index contributed by atoms with van der Waals surface area (Å²) in [5, 5.41) is 1.31. The lowest BCUT2D eigenvalue weighted by molar-refractivity contribution is 0.0992. The second-order valence-corrected chi connectivity index (χ2v) is 8.21. The van der Waals surface area contributed by atoms with Crippen LogP contribution in [0.2, 0.25) is 0 Å². The van der Waals surface area contributed by atoms with Crippen molar-refractivity contribution in [3.63, 3.8) is 0 Å². The Morgan fingerprint density at radius 1 is 1.42 bits per heavy atom. The van der Waals surface area contributed by atoms with E-state index < -0.39 is 0 Å². The number of aromatic nitrogens is 2. The average molecular weight is 386 g/mol. The zero-order valence-corrected chi connectivity index (χ0v) is 15.8. The number of Topliss-reactive ketones (excluding diaryl/α,β-unsaturated/α-hetero) is 1. The maximum atomic E-state index is 13.1. The Hall–Kier alpha value is -2.12. The normalized spacial score (nSPS) is 13.7. The van der Waals surface area contributed by atoms with E-state index in [4.69, 9.17) is 9.40 Å². The minimum atomic E-state index is -0.120. The topological polar surface area (TPSA) is 65.1 Å². The number of carbonyl (C=O) groups excluding carboxylic acids is 1. The molecule has 134 valence electrons. The Bertz CT molecular complexity index is 1030. The Kier molecular flexibility index (Phi) is 4.82. The standard InChI is InChI=1S/C19H18N2O3S2/c1-2-9-21-18(23)16-12-6-3-4-8-15(12)26-17(16)20-19(21)25-11-13(22)14-7-5-10-24-14/h2,5,7,10H,1,3-4,6,8-9,11H2. The van der Waals surface area contributed by atoms with Crippen LogP contribution in [0, 0.1) is 0 Å². The van der Waals surface area contributed by atoms with Crippen LogP contribution in [0.4, 0.5) is 0 Å². The molecule has 0 bridgehead atoms. The average Bonchev–Trinajstić information content (AvgIpc) is 3.29. The molecule has 1 aliphatic rings. The van der Waals surface area contributed by atoms with E-state index in [2.05, 4.69) is 6.58 Å². The molecule has 0 spiro atoms. The smallest absolute Gasteiger partial charge is 0.263 e. The van der Waals surface area contributed by atoms with Gasteiger partial charge in [0.05, 0.1) is 17.4 Å². The molecule has 0 unspecified atom stereocenters. The molecule has 7 heteroatoms. The Morgan fingerprint density at radius 2 is 2.27 bits per heavy atom. The summed E-state index contributed by atoms with van der Waals surface area (Å²) in [4.78, 5) is 32.1. The van der Waals surface area contributed by atoms with Crippen LogP contribution < -0.4 is 5.56 Å². The van der Waals surface area contributed by atoms with Crippen LogP contribution in [-0.4, -0.2) is 21.1 Å². The Morgan fingerprint density at radius 3 is 3.04 bits per heavy atom. The van der Waals surface area contributed by atoms with Crippen molar-refractivity contribution in [2.24, 2.45) is 0 Å². The number of carbonyl (C=O) groups is 1. The Balaban J connectivity index is 1.73. The quantitative estimate of drug-likeness (QED) is 0.276. The van der Waals surface area contributed by atoms with E-state index in [0.29, 0.717) is 17.5 Å². The van der Waals surface area contributed by atoms with Crippen molar-refractivity contribution in [1.82, 2.24) is 9.55 Å². The van der Waals surface area contributed by atoms with E-state index in [1.807, 2.05) is 0 Å². The van der Waals surface area contributed by atoms with Crippen molar-refractivity contribution in [2.75, 3.05) is 5.75 Å². The summed E-state index contributed by atoms with van der Waals surface area (Å²) >= 11 is 2.89. The minimum Gasteiger partial charge on any atom is -0.461 e. The number of nitrogens with zero attached hydrogens (tertiary/aromatic N) is 2. The fraction of sp³-hybridized carbons (Fsp3) is 0.316. The van der Waals surface area contributed by atoms with Crippen LogP contribution in [-0.2, 0) is 19.4 Å². The number of allylic oxidation sites excluding steroid dienone is 1. The Labute approximate surface area is 158 Å². The van der Waals surface area contributed by atoms with Gasteiger partial charge in [-0.05, 0) is 43.4 Å². The number of fused-ring (bicyclic) bond motifs is 3. The summed E-state index contributed by atoms with van der Waals surface area (Å²) in [6.07, 6.45) is 7.42. The lowest BCUT2D eigenvalue weighted by Gasteiger charge is -2.12. The number of furan rings is 1. The first-order valence-electron chi connectivity index (χ1n) is 8.54. The molecule has 0 aliphatic heterocycles. The van der Waals surface area contributed by atoms with Gasteiger partial charge >= 0.3 is 0 Å². The van der Waals surface area contributed by atoms with Crippen molar-refractivity contribution in [3.8, 4) is 0 Å². The van der Waals surface area contributed by atoms with E-state index in [-0.39, 0.29) is 17.1 Å². The van der Waals surface area contributed by atoms with Crippen molar-refractivity contribution < 1.29 is 9.21 Å². The van der Waals surface area contributed by atoms with E-state index >= 15 is 0 Å². The molecule has 26 heavy (non-hydrogen) atoms. The lowest BCUT2D eigenvalue weighted by atomic mass is 9.97. The molecule has 5 nitrogen and oxygen atoms in total. The van der Waals surface area contributed by atoms with Gasteiger partial charge in [-0.3, -0.25) is 14.2 Å². The molecule has 1 aliphatic carbocycles. The number of hydrogen-bond donors (Lipinski definition) is 0. The largest absolute Gasteiger partial charge is 0.461 e. The molecule has 0 amide bonds. The number of thioether (sulfide) groups is 1. The lowest BCUT2D eigenvalue weighted by Crippen LogP contribution is -2.23. The number of ketones is 1. The van der Waals surface area contributed by atoms with Gasteiger partial charge in [-0.25, -0.2) is 4.98 Å². The monoisotopic (exact) mass is 386 g/mol. The van der Waals surface area contributed by atoms with Crippen LogP contribution >= 0.6 is 23.1 Å². The fourth-order valence-corrected chi connectivity index (χ4v) is 5.44. The molecule has 0 fully saturated rings. The van der Waals surface area contributed by atoms with Gasteiger partial charge in [0.25, 0.3) is 5.56 Å². The second kappa shape index (κ2) is 7.25. The van der Waals surface area contributed by atoms with Crippen LogP contribution in [0.25, 0.3) is 10.2 Å². The third-order valence-corrected chi connectivity index (χ3v) is 6.64. The van der Waals surface area contributed by atoms with Crippen molar-refractivity contribution in [3.05, 3.63) is 57.6 Å². The molecular weight excluding hydrogens is 368 g/mol. The molecule has 3 aromatic rings. The summed E-state index contributed by atoms with van der Waals surface area (Å²) in [7, 11) is 0. The summed E-state index contributed by atoms with van der Waals surface area (Å²) < 4.78 is 6.77. The molecule has 0 saturated carbocycles. The van der Waals surface area contributed by atoms with E-state index in [1.165, 1.54) is 34.9 Å². The molecule has 0 N–H and O–H groups in total. The van der Waals surface area contributed by atoms with Gasteiger partial charge in [-0.1, -0.05) is 17.8 Å². The van der Waals surface area contributed by atoms with Crippen LogP contribution in [0.1, 0.15) is 33.8 Å². The molecule has 0 saturated heterocycles. The molecule has 0 radical (unpaired) electrons. The fourth-order valence-electron chi connectivity index (χ4n) is 3.26. The number of aryl methyl sites for hydroxylation is 2. The summed E-state index contributed by atoms with van der Waals surface area (Å²) in [6.45, 7) is 4.13. The molecule has 4 rings (SSSR count). The van der Waals surface area contributed by atoms with Gasteiger partial charge in [0.2, 0.25) is 5.78 Å². The number of thiophene rings is 1. The van der Waals surface area contributed by atoms with Crippen LogP contribution in [0.5, 0.6) is 0 Å². The second-order valence-electron chi connectivity index (χ2n) is 6.18. The van der Waals surface area contributed by atoms with Crippen LogP contribution in [0.3, 0.4) is 0 Å². The summed E-state index contributed by atoms with van der Waals surface area (Å²) in [5.41, 5.74) is 1.15. The molecule has 3 heterocycles. The van der Waals surface area contributed by atoms with Crippen LogP contribution in [0.15, 0.2) is 45.4 Å². The highest BCUT2D eigenvalue weighted by Crippen LogP contribution is 2.34. The first kappa shape index (κ1) is 17.3. The maximum Gasteiger partial charge on any atom is 0.263 e. The summed E-state index contributed by atoms with van der Waals surface area (Å²) in [5.74, 6) is 0.376. The zero-order valence-electron chi connectivity index (χ0n) is 14.2. The van der Waals surface area contributed by atoms with E-state index in [0.717, 1.165) is 29.5 Å². The molecular formula is C19H18N2O3S2. The van der Waals surface area contributed by atoms with Gasteiger partial charge in [0.1, 0.15) is 4.83 Å². The van der Waals surface area contributed by atoms with Gasteiger partial charge in [-0.15, -0.1) is 17.9 Å². The van der Waals surface area contributed by atoms with Gasteiger partial charge in [-0.2, -0.15) is 0 Å². The van der Waals surface area contributed by atoms with E-state index in [1.54, 1.807) is 34.1 Å². The van der Waals surface area contributed by atoms with Crippen molar-refractivity contribution in [1.29, 1.82) is 0 Å².